The lowest BCUT2D eigenvalue weighted by atomic mass is 10.1. The van der Waals surface area contributed by atoms with Gasteiger partial charge in [-0.1, -0.05) is 0 Å². The third-order valence-corrected chi connectivity index (χ3v) is 3.11. The van der Waals surface area contributed by atoms with Crippen molar-refractivity contribution in [3.05, 3.63) is 39.9 Å². The lowest BCUT2D eigenvalue weighted by Gasteiger charge is -2.33. The smallest absolute Gasteiger partial charge is 0.327 e. The minimum atomic E-state index is -1.08. The summed E-state index contributed by atoms with van der Waals surface area (Å²) in [6.45, 7) is 0.989. The van der Waals surface area contributed by atoms with E-state index >= 15 is 0 Å². The van der Waals surface area contributed by atoms with Gasteiger partial charge in [-0.05, 0) is 12.1 Å². The molecule has 0 bridgehead atoms. The van der Waals surface area contributed by atoms with Crippen molar-refractivity contribution in [3.8, 4) is 0 Å². The molecular weight excluding hydrogens is 266 g/mol. The first kappa shape index (κ1) is 13.9. The van der Waals surface area contributed by atoms with Gasteiger partial charge in [-0.25, -0.2) is 4.79 Å². The monoisotopic (exact) mass is 279 g/mol. The fourth-order valence-electron chi connectivity index (χ4n) is 2.06. The fourth-order valence-corrected chi connectivity index (χ4v) is 2.06. The third-order valence-electron chi connectivity index (χ3n) is 3.11. The van der Waals surface area contributed by atoms with E-state index in [-0.39, 0.29) is 24.3 Å². The Hall–Kier alpha value is -2.48. The van der Waals surface area contributed by atoms with Crippen LogP contribution in [0.25, 0.3) is 0 Å². The van der Waals surface area contributed by atoms with Crippen LogP contribution in [0, 0.1) is 10.1 Å². The Morgan fingerprint density at radius 2 is 2.00 bits per heavy atom. The van der Waals surface area contributed by atoms with Gasteiger partial charge >= 0.3 is 5.97 Å². The van der Waals surface area contributed by atoms with E-state index in [0.29, 0.717) is 6.54 Å². The van der Waals surface area contributed by atoms with E-state index in [1.165, 1.54) is 29.2 Å². The number of nitro groups is 1. The van der Waals surface area contributed by atoms with Crippen molar-refractivity contribution in [2.45, 2.75) is 6.04 Å². The molecule has 20 heavy (non-hydrogen) atoms. The molecule has 1 unspecified atom stereocenters. The SMILES string of the molecule is O=C(O)C1CNCCN1C(=O)c1ccc([N+](=O)[O-])cc1. The summed E-state index contributed by atoms with van der Waals surface area (Å²) in [5.41, 5.74) is 0.125. The molecule has 106 valence electrons. The molecule has 0 radical (unpaired) electrons. The van der Waals surface area contributed by atoms with Gasteiger partial charge in [0.1, 0.15) is 6.04 Å². The van der Waals surface area contributed by atoms with Crippen LogP contribution in [0.1, 0.15) is 10.4 Å². The summed E-state index contributed by atoms with van der Waals surface area (Å²) in [7, 11) is 0. The average molecular weight is 279 g/mol. The number of non-ortho nitro benzene ring substituents is 1. The molecule has 1 amide bonds. The third kappa shape index (κ3) is 2.75. The summed E-state index contributed by atoms with van der Waals surface area (Å²) in [5, 5.41) is 22.6. The van der Waals surface area contributed by atoms with E-state index in [2.05, 4.69) is 5.32 Å². The maximum atomic E-state index is 12.3. The van der Waals surface area contributed by atoms with Crippen molar-refractivity contribution in [3.63, 3.8) is 0 Å². The maximum Gasteiger partial charge on any atom is 0.327 e. The van der Waals surface area contributed by atoms with Crippen molar-refractivity contribution in [1.29, 1.82) is 0 Å². The van der Waals surface area contributed by atoms with Crippen molar-refractivity contribution in [1.82, 2.24) is 10.2 Å². The van der Waals surface area contributed by atoms with Gasteiger partial charge < -0.3 is 15.3 Å². The number of carboxylic acids is 1. The number of benzene rings is 1. The summed E-state index contributed by atoms with van der Waals surface area (Å²) in [5.74, 6) is -1.51. The molecule has 0 saturated carbocycles. The number of nitrogens with zero attached hydrogens (tertiary/aromatic N) is 2. The van der Waals surface area contributed by atoms with E-state index in [1.807, 2.05) is 0 Å². The normalized spacial score (nSPS) is 18.6. The van der Waals surface area contributed by atoms with Crippen LogP contribution in [-0.4, -0.2) is 52.5 Å². The van der Waals surface area contributed by atoms with Crippen LogP contribution >= 0.6 is 0 Å². The fraction of sp³-hybridized carbons (Fsp3) is 0.333. The number of carbonyl (C=O) groups excluding carboxylic acids is 1. The first-order chi connectivity index (χ1) is 9.50. The Labute approximate surface area is 114 Å². The highest BCUT2D eigenvalue weighted by Gasteiger charge is 2.32. The van der Waals surface area contributed by atoms with Crippen LogP contribution in [0.2, 0.25) is 0 Å². The first-order valence-corrected chi connectivity index (χ1v) is 5.99. The molecule has 1 atom stereocenters. The molecule has 1 aromatic rings. The van der Waals surface area contributed by atoms with Gasteiger partial charge in [0, 0.05) is 37.3 Å². The predicted molar refractivity (Wildman–Crippen MR) is 68.4 cm³/mol. The minimum Gasteiger partial charge on any atom is -0.480 e. The molecule has 1 heterocycles. The number of nitro benzene ring substituents is 1. The van der Waals surface area contributed by atoms with E-state index in [1.54, 1.807) is 0 Å². The quantitative estimate of drug-likeness (QED) is 0.599. The standard InChI is InChI=1S/C12H13N3O5/c16-11(8-1-3-9(4-2-8)15(19)20)14-6-5-13-7-10(14)12(17)18/h1-4,10,13H,5-7H2,(H,17,18). The van der Waals surface area contributed by atoms with Crippen LogP contribution in [0.3, 0.4) is 0 Å². The number of nitrogens with one attached hydrogen (secondary N) is 1. The Morgan fingerprint density at radius 3 is 2.55 bits per heavy atom. The zero-order valence-electron chi connectivity index (χ0n) is 10.5. The minimum absolute atomic E-state index is 0.114. The topological polar surface area (TPSA) is 113 Å². The summed E-state index contributed by atoms with van der Waals surface area (Å²) in [6.07, 6.45) is 0. The molecule has 1 aliphatic rings. The Balaban J connectivity index is 2.20. The van der Waals surface area contributed by atoms with Crippen LogP contribution in [0.5, 0.6) is 0 Å². The zero-order chi connectivity index (χ0) is 14.7. The number of hydrogen-bond acceptors (Lipinski definition) is 5. The Bertz CT molecular complexity index is 543. The second kappa shape index (κ2) is 5.66. The largest absolute Gasteiger partial charge is 0.480 e. The second-order valence-corrected chi connectivity index (χ2v) is 4.36. The number of carboxylic acid groups (broad SMARTS) is 1. The van der Waals surface area contributed by atoms with E-state index in [4.69, 9.17) is 5.11 Å². The molecular formula is C12H13N3O5. The number of amides is 1. The second-order valence-electron chi connectivity index (χ2n) is 4.36. The summed E-state index contributed by atoms with van der Waals surface area (Å²) >= 11 is 0. The van der Waals surface area contributed by atoms with Gasteiger partial charge in [0.2, 0.25) is 0 Å². The van der Waals surface area contributed by atoms with E-state index in [0.717, 1.165) is 0 Å². The van der Waals surface area contributed by atoms with Crippen LogP contribution in [0.4, 0.5) is 5.69 Å². The molecule has 1 aliphatic heterocycles. The lowest BCUT2D eigenvalue weighted by Crippen LogP contribution is -2.56. The van der Waals surface area contributed by atoms with Gasteiger partial charge in [0.05, 0.1) is 4.92 Å². The van der Waals surface area contributed by atoms with Crippen LogP contribution < -0.4 is 5.32 Å². The van der Waals surface area contributed by atoms with Gasteiger partial charge in [-0.15, -0.1) is 0 Å². The van der Waals surface area contributed by atoms with Gasteiger partial charge in [-0.2, -0.15) is 0 Å². The van der Waals surface area contributed by atoms with Gasteiger partial charge in [-0.3, -0.25) is 14.9 Å². The summed E-state index contributed by atoms with van der Waals surface area (Å²) in [4.78, 5) is 34.6. The zero-order valence-corrected chi connectivity index (χ0v) is 10.5. The van der Waals surface area contributed by atoms with Crippen LogP contribution in [0.15, 0.2) is 24.3 Å². The Morgan fingerprint density at radius 1 is 1.35 bits per heavy atom. The molecule has 8 heteroatoms. The highest BCUT2D eigenvalue weighted by molar-refractivity contribution is 5.97. The maximum absolute atomic E-state index is 12.3. The Kier molecular flexibility index (Phi) is 3.94. The summed E-state index contributed by atoms with van der Waals surface area (Å²) in [6, 6.07) is 4.20. The van der Waals surface area contributed by atoms with Crippen molar-refractivity contribution in [2.75, 3.05) is 19.6 Å². The lowest BCUT2D eigenvalue weighted by molar-refractivity contribution is -0.384. The van der Waals surface area contributed by atoms with Crippen molar-refractivity contribution >= 4 is 17.6 Å². The summed E-state index contributed by atoms with van der Waals surface area (Å²) < 4.78 is 0. The molecule has 1 saturated heterocycles. The molecule has 1 aromatic carbocycles. The predicted octanol–water partition coefficient (Wildman–Crippen LogP) is 0.0934. The average Bonchev–Trinajstić information content (AvgIpc) is 2.46. The highest BCUT2D eigenvalue weighted by Crippen LogP contribution is 2.15. The highest BCUT2D eigenvalue weighted by atomic mass is 16.6. The van der Waals surface area contributed by atoms with E-state index in [9.17, 15) is 19.7 Å². The van der Waals surface area contributed by atoms with Crippen molar-refractivity contribution < 1.29 is 19.6 Å². The molecule has 0 aliphatic carbocycles. The molecule has 0 spiro atoms. The number of rotatable bonds is 3. The molecule has 2 N–H and O–H groups in total. The van der Waals surface area contributed by atoms with E-state index < -0.39 is 22.8 Å². The first-order valence-electron chi connectivity index (χ1n) is 5.99. The molecule has 2 rings (SSSR count). The molecule has 0 aromatic heterocycles. The molecule has 8 nitrogen and oxygen atoms in total. The van der Waals surface area contributed by atoms with Crippen LogP contribution in [-0.2, 0) is 4.79 Å². The van der Waals surface area contributed by atoms with Gasteiger partial charge in [0.25, 0.3) is 11.6 Å². The number of hydrogen-bond donors (Lipinski definition) is 2. The molecule has 1 fully saturated rings. The number of piperazine rings is 1. The number of carbonyl (C=O) groups is 2. The van der Waals surface area contributed by atoms with Gasteiger partial charge in [0.15, 0.2) is 0 Å². The van der Waals surface area contributed by atoms with Crippen molar-refractivity contribution in [2.24, 2.45) is 0 Å². The number of aliphatic carboxylic acids is 1.